The second kappa shape index (κ2) is 7.59. The molecule has 0 atom stereocenters. The van der Waals surface area contributed by atoms with E-state index in [1.165, 1.54) is 4.90 Å². The average Bonchev–Trinajstić information content (AvgIpc) is 3.49. The molecule has 2 heterocycles. The number of hydrogen-bond acceptors (Lipinski definition) is 5. The molecule has 1 aliphatic carbocycles. The summed E-state index contributed by atoms with van der Waals surface area (Å²) in [5.41, 5.74) is 1.32. The SMILES string of the molecule is O=C1S/C(=C/c2cccnc2)C(=O)N1CCNC(=O)C1(c2ccccc2)CC1. The van der Waals surface area contributed by atoms with Gasteiger partial charge < -0.3 is 5.32 Å². The van der Waals surface area contributed by atoms with E-state index in [4.69, 9.17) is 0 Å². The van der Waals surface area contributed by atoms with Gasteiger partial charge in [-0.1, -0.05) is 36.4 Å². The van der Waals surface area contributed by atoms with Gasteiger partial charge in [-0.2, -0.15) is 0 Å². The maximum atomic E-state index is 12.6. The first kappa shape index (κ1) is 18.4. The molecular weight excluding hydrogens is 374 g/mol. The molecule has 0 radical (unpaired) electrons. The molecule has 2 fully saturated rings. The summed E-state index contributed by atoms with van der Waals surface area (Å²) in [6, 6.07) is 13.3. The Kier molecular flexibility index (Phi) is 5.00. The van der Waals surface area contributed by atoms with Gasteiger partial charge in [-0.05, 0) is 47.9 Å². The van der Waals surface area contributed by atoms with Crippen molar-refractivity contribution in [3.05, 3.63) is 70.9 Å². The van der Waals surface area contributed by atoms with E-state index in [-0.39, 0.29) is 30.1 Å². The maximum absolute atomic E-state index is 12.6. The van der Waals surface area contributed by atoms with E-state index in [1.807, 2.05) is 36.4 Å². The van der Waals surface area contributed by atoms with Crippen molar-refractivity contribution in [2.45, 2.75) is 18.3 Å². The summed E-state index contributed by atoms with van der Waals surface area (Å²) in [6.45, 7) is 0.400. The first-order valence-electron chi connectivity index (χ1n) is 9.09. The highest BCUT2D eigenvalue weighted by atomic mass is 32.2. The zero-order valence-corrected chi connectivity index (χ0v) is 15.9. The van der Waals surface area contributed by atoms with Crippen LogP contribution >= 0.6 is 11.8 Å². The lowest BCUT2D eigenvalue weighted by atomic mass is 9.95. The first-order valence-corrected chi connectivity index (χ1v) is 9.91. The Hall–Kier alpha value is -2.93. The van der Waals surface area contributed by atoms with Crippen LogP contribution in [0, 0.1) is 0 Å². The Morgan fingerprint density at radius 1 is 1.18 bits per heavy atom. The zero-order chi connectivity index (χ0) is 19.6. The highest BCUT2D eigenvalue weighted by molar-refractivity contribution is 8.18. The normalized spacial score (nSPS) is 19.1. The smallest absolute Gasteiger partial charge is 0.293 e. The number of amides is 3. The fourth-order valence-corrected chi connectivity index (χ4v) is 4.15. The van der Waals surface area contributed by atoms with Crippen molar-refractivity contribution in [1.82, 2.24) is 15.2 Å². The third-order valence-electron chi connectivity index (χ3n) is 4.99. The number of carbonyl (C=O) groups is 3. The predicted molar refractivity (Wildman–Crippen MR) is 107 cm³/mol. The second-order valence-corrected chi connectivity index (χ2v) is 7.82. The molecule has 28 heavy (non-hydrogen) atoms. The third kappa shape index (κ3) is 3.57. The molecule has 0 spiro atoms. The van der Waals surface area contributed by atoms with Crippen molar-refractivity contribution < 1.29 is 14.4 Å². The minimum absolute atomic E-state index is 0.0448. The molecule has 1 N–H and O–H groups in total. The molecule has 4 rings (SSSR count). The van der Waals surface area contributed by atoms with Crippen molar-refractivity contribution in [2.75, 3.05) is 13.1 Å². The van der Waals surface area contributed by atoms with Gasteiger partial charge in [0.25, 0.3) is 11.1 Å². The highest BCUT2D eigenvalue weighted by Crippen LogP contribution is 2.48. The van der Waals surface area contributed by atoms with Crippen molar-refractivity contribution in [2.24, 2.45) is 0 Å². The molecule has 2 aromatic rings. The minimum atomic E-state index is -0.458. The molecular formula is C21H19N3O3S. The van der Waals surface area contributed by atoms with Crippen LogP contribution in [0.4, 0.5) is 4.79 Å². The molecule has 1 aromatic carbocycles. The standard InChI is InChI=1S/C21H19N3O3S/c25-18-17(13-15-5-4-10-22-14-15)28-20(27)24(18)12-11-23-19(26)21(8-9-21)16-6-2-1-3-7-16/h1-7,10,13-14H,8-9,11-12H2,(H,23,26)/b17-13+. The Morgan fingerprint density at radius 2 is 1.96 bits per heavy atom. The fraction of sp³-hybridized carbons (Fsp3) is 0.238. The van der Waals surface area contributed by atoms with Gasteiger partial charge >= 0.3 is 0 Å². The minimum Gasteiger partial charge on any atom is -0.354 e. The molecule has 1 aromatic heterocycles. The Labute approximate surface area is 167 Å². The first-order chi connectivity index (χ1) is 13.6. The van der Waals surface area contributed by atoms with E-state index < -0.39 is 5.41 Å². The maximum Gasteiger partial charge on any atom is 0.293 e. The summed E-state index contributed by atoms with van der Waals surface area (Å²) < 4.78 is 0. The van der Waals surface area contributed by atoms with E-state index in [9.17, 15) is 14.4 Å². The molecule has 142 valence electrons. The lowest BCUT2D eigenvalue weighted by Crippen LogP contribution is -2.41. The summed E-state index contributed by atoms with van der Waals surface area (Å²) >= 11 is 0.908. The van der Waals surface area contributed by atoms with Crippen molar-refractivity contribution >= 4 is 34.9 Å². The third-order valence-corrected chi connectivity index (χ3v) is 5.90. The number of aromatic nitrogens is 1. The number of nitrogens with one attached hydrogen (secondary N) is 1. The van der Waals surface area contributed by atoms with Crippen molar-refractivity contribution in [1.29, 1.82) is 0 Å². The Balaban J connectivity index is 1.35. The highest BCUT2D eigenvalue weighted by Gasteiger charge is 2.51. The van der Waals surface area contributed by atoms with Gasteiger partial charge in [0.15, 0.2) is 0 Å². The van der Waals surface area contributed by atoms with Crippen LogP contribution in [0.3, 0.4) is 0 Å². The van der Waals surface area contributed by atoms with Gasteiger partial charge in [0, 0.05) is 25.5 Å². The lowest BCUT2D eigenvalue weighted by Gasteiger charge is -2.17. The number of pyridine rings is 1. The van der Waals surface area contributed by atoms with Crippen LogP contribution in [0.15, 0.2) is 59.8 Å². The molecule has 0 unspecified atom stereocenters. The molecule has 0 bridgehead atoms. The number of thioether (sulfide) groups is 1. The van der Waals surface area contributed by atoms with Gasteiger partial charge in [-0.3, -0.25) is 24.3 Å². The van der Waals surface area contributed by atoms with E-state index in [0.29, 0.717) is 4.91 Å². The van der Waals surface area contributed by atoms with Gasteiger partial charge in [0.05, 0.1) is 10.3 Å². The van der Waals surface area contributed by atoms with Crippen LogP contribution in [0.2, 0.25) is 0 Å². The van der Waals surface area contributed by atoms with Crippen LogP contribution < -0.4 is 5.32 Å². The summed E-state index contributed by atoms with van der Waals surface area (Å²) in [4.78, 5) is 42.9. The van der Waals surface area contributed by atoms with Gasteiger partial charge in [0.2, 0.25) is 5.91 Å². The largest absolute Gasteiger partial charge is 0.354 e. The van der Waals surface area contributed by atoms with Crippen LogP contribution in [-0.4, -0.2) is 40.0 Å². The molecule has 2 aliphatic rings. The van der Waals surface area contributed by atoms with Crippen LogP contribution in [0.5, 0.6) is 0 Å². The van der Waals surface area contributed by atoms with Crippen LogP contribution in [0.1, 0.15) is 24.0 Å². The van der Waals surface area contributed by atoms with Gasteiger partial charge in [0.1, 0.15) is 0 Å². The number of benzene rings is 1. The number of rotatable bonds is 6. The van der Waals surface area contributed by atoms with E-state index in [0.717, 1.165) is 35.7 Å². The quantitative estimate of drug-likeness (QED) is 0.764. The topological polar surface area (TPSA) is 79.4 Å². The predicted octanol–water partition coefficient (Wildman–Crippen LogP) is 2.97. The van der Waals surface area contributed by atoms with E-state index >= 15 is 0 Å². The summed E-state index contributed by atoms with van der Waals surface area (Å²) in [7, 11) is 0. The molecule has 1 saturated heterocycles. The van der Waals surface area contributed by atoms with Gasteiger partial charge in [-0.15, -0.1) is 0 Å². The summed E-state index contributed by atoms with van der Waals surface area (Å²) in [5.74, 6) is -0.381. The van der Waals surface area contributed by atoms with E-state index in [2.05, 4.69) is 10.3 Å². The van der Waals surface area contributed by atoms with Crippen LogP contribution in [0.25, 0.3) is 6.08 Å². The molecule has 1 aliphatic heterocycles. The van der Waals surface area contributed by atoms with Crippen molar-refractivity contribution in [3.63, 3.8) is 0 Å². The average molecular weight is 393 g/mol. The fourth-order valence-electron chi connectivity index (χ4n) is 3.28. The molecule has 3 amide bonds. The Morgan fingerprint density at radius 3 is 2.64 bits per heavy atom. The second-order valence-electron chi connectivity index (χ2n) is 6.82. The van der Waals surface area contributed by atoms with Gasteiger partial charge in [-0.25, -0.2) is 0 Å². The van der Waals surface area contributed by atoms with Crippen LogP contribution in [-0.2, 0) is 15.0 Å². The number of nitrogens with zero attached hydrogens (tertiary/aromatic N) is 2. The van der Waals surface area contributed by atoms with E-state index in [1.54, 1.807) is 24.5 Å². The molecule has 7 heteroatoms. The lowest BCUT2D eigenvalue weighted by molar-refractivity contribution is -0.125. The summed E-state index contributed by atoms with van der Waals surface area (Å²) in [5, 5.41) is 2.57. The molecule has 6 nitrogen and oxygen atoms in total. The zero-order valence-electron chi connectivity index (χ0n) is 15.1. The summed E-state index contributed by atoms with van der Waals surface area (Å²) in [6.07, 6.45) is 6.57. The number of imide groups is 1. The number of carbonyl (C=O) groups excluding carboxylic acids is 3. The van der Waals surface area contributed by atoms with Crippen molar-refractivity contribution in [3.8, 4) is 0 Å². The monoisotopic (exact) mass is 393 g/mol. The Bertz CT molecular complexity index is 940. The number of hydrogen-bond donors (Lipinski definition) is 1. The molecule has 1 saturated carbocycles.